The molecule has 2 unspecified atom stereocenters. The van der Waals surface area contributed by atoms with E-state index in [1.54, 1.807) is 7.11 Å². The number of ether oxygens (including phenoxy) is 1. The van der Waals surface area contributed by atoms with Crippen LogP contribution in [0.2, 0.25) is 0 Å². The van der Waals surface area contributed by atoms with Crippen LogP contribution in [0.25, 0.3) is 0 Å². The van der Waals surface area contributed by atoms with E-state index in [-0.39, 0.29) is 0 Å². The molecule has 0 bridgehead atoms. The van der Waals surface area contributed by atoms with E-state index < -0.39 is 0 Å². The van der Waals surface area contributed by atoms with E-state index in [9.17, 15) is 0 Å². The predicted molar refractivity (Wildman–Crippen MR) is 74.9 cm³/mol. The molecule has 3 heteroatoms. The molecule has 18 heavy (non-hydrogen) atoms. The molecule has 1 aliphatic rings. The third-order valence-corrected chi connectivity index (χ3v) is 3.98. The van der Waals surface area contributed by atoms with Crippen molar-refractivity contribution in [1.82, 2.24) is 10.2 Å². The first-order chi connectivity index (χ1) is 8.70. The number of rotatable bonds is 4. The van der Waals surface area contributed by atoms with E-state index in [1.165, 1.54) is 24.9 Å². The molecule has 0 aliphatic carbocycles. The first-order valence-corrected chi connectivity index (χ1v) is 6.76. The van der Waals surface area contributed by atoms with Gasteiger partial charge in [0.2, 0.25) is 0 Å². The Labute approximate surface area is 110 Å². The van der Waals surface area contributed by atoms with Gasteiger partial charge in [0.15, 0.2) is 0 Å². The highest BCUT2D eigenvalue weighted by Crippen LogP contribution is 2.19. The summed E-state index contributed by atoms with van der Waals surface area (Å²) in [7, 11) is 3.94. The van der Waals surface area contributed by atoms with Crippen LogP contribution in [0, 0.1) is 0 Å². The number of hydrogen-bond acceptors (Lipinski definition) is 3. The monoisotopic (exact) mass is 248 g/mol. The Morgan fingerprint density at radius 2 is 2.17 bits per heavy atom. The van der Waals surface area contributed by atoms with E-state index in [0.717, 1.165) is 12.3 Å². The van der Waals surface area contributed by atoms with Gasteiger partial charge in [-0.2, -0.15) is 0 Å². The molecular formula is C15H24N2O. The summed E-state index contributed by atoms with van der Waals surface area (Å²) in [5.41, 5.74) is 1.24. The van der Waals surface area contributed by atoms with Crippen LogP contribution >= 0.6 is 0 Å². The lowest BCUT2D eigenvalue weighted by molar-refractivity contribution is 0.168. The van der Waals surface area contributed by atoms with Crippen LogP contribution in [0.3, 0.4) is 0 Å². The number of likely N-dealkylation sites (tertiary alicyclic amines) is 1. The molecule has 1 heterocycles. The summed E-state index contributed by atoms with van der Waals surface area (Å²) in [6, 6.07) is 9.53. The van der Waals surface area contributed by atoms with E-state index in [4.69, 9.17) is 4.74 Å². The molecule has 2 atom stereocenters. The van der Waals surface area contributed by atoms with Crippen LogP contribution in [0.1, 0.15) is 25.3 Å². The lowest BCUT2D eigenvalue weighted by Crippen LogP contribution is -2.45. The molecule has 0 radical (unpaired) electrons. The molecule has 1 saturated heterocycles. The molecule has 1 N–H and O–H groups in total. The fourth-order valence-corrected chi connectivity index (χ4v) is 2.58. The fraction of sp³-hybridized carbons (Fsp3) is 0.600. The average Bonchev–Trinajstić information content (AvgIpc) is 2.40. The van der Waals surface area contributed by atoms with Crippen LogP contribution in [0.5, 0.6) is 5.75 Å². The third kappa shape index (κ3) is 3.24. The van der Waals surface area contributed by atoms with Crippen LogP contribution in [-0.2, 0) is 6.54 Å². The Bertz CT molecular complexity index is 381. The number of piperidine rings is 1. The summed E-state index contributed by atoms with van der Waals surface area (Å²) in [5.74, 6) is 0.978. The van der Waals surface area contributed by atoms with Crippen LogP contribution < -0.4 is 10.1 Å². The molecule has 2 rings (SSSR count). The van der Waals surface area contributed by atoms with Gasteiger partial charge in [-0.15, -0.1) is 0 Å². The van der Waals surface area contributed by atoms with Crippen LogP contribution in [-0.4, -0.2) is 37.7 Å². The summed E-state index contributed by atoms with van der Waals surface area (Å²) in [4.78, 5) is 2.43. The molecule has 100 valence electrons. The van der Waals surface area contributed by atoms with Crippen molar-refractivity contribution in [2.45, 2.75) is 38.4 Å². The average molecular weight is 248 g/mol. The molecule has 1 aromatic rings. The van der Waals surface area contributed by atoms with Gasteiger partial charge in [0.05, 0.1) is 7.11 Å². The second-order valence-electron chi connectivity index (χ2n) is 5.24. The summed E-state index contributed by atoms with van der Waals surface area (Å²) < 4.78 is 5.38. The highest BCUT2D eigenvalue weighted by atomic mass is 16.5. The van der Waals surface area contributed by atoms with Gasteiger partial charge in [0.25, 0.3) is 0 Å². The van der Waals surface area contributed by atoms with E-state index in [1.807, 2.05) is 12.1 Å². The zero-order valence-electron chi connectivity index (χ0n) is 11.6. The van der Waals surface area contributed by atoms with Gasteiger partial charge in [0.1, 0.15) is 5.75 Å². The van der Waals surface area contributed by atoms with E-state index >= 15 is 0 Å². The van der Waals surface area contributed by atoms with E-state index in [0.29, 0.717) is 12.1 Å². The van der Waals surface area contributed by atoms with Crippen molar-refractivity contribution in [2.24, 2.45) is 0 Å². The third-order valence-electron chi connectivity index (χ3n) is 3.98. The smallest absolute Gasteiger partial charge is 0.123 e. The molecule has 1 aliphatic heterocycles. The normalized spacial score (nSPS) is 25.1. The first kappa shape index (κ1) is 13.4. The lowest BCUT2D eigenvalue weighted by Gasteiger charge is -2.35. The van der Waals surface area contributed by atoms with Crippen LogP contribution in [0.15, 0.2) is 24.3 Å². The van der Waals surface area contributed by atoms with Crippen molar-refractivity contribution in [3.63, 3.8) is 0 Å². The number of nitrogens with one attached hydrogen (secondary N) is 1. The van der Waals surface area contributed by atoms with Crippen molar-refractivity contribution in [1.29, 1.82) is 0 Å². The Balaban J connectivity index is 1.88. The standard InChI is InChI=1S/C15H24N2O/c1-12-10-14(8-9-17(12)2)16-11-13-6-4-5-7-15(13)18-3/h4-7,12,14,16H,8-11H2,1-3H3. The number of benzene rings is 1. The number of para-hydroxylation sites is 1. The number of methoxy groups -OCH3 is 1. The predicted octanol–water partition coefficient (Wildman–Crippen LogP) is 2.27. The molecule has 3 nitrogen and oxygen atoms in total. The highest BCUT2D eigenvalue weighted by Gasteiger charge is 2.22. The second kappa shape index (κ2) is 6.21. The van der Waals surface area contributed by atoms with Crippen molar-refractivity contribution in [3.8, 4) is 5.75 Å². The Morgan fingerprint density at radius 1 is 1.39 bits per heavy atom. The zero-order valence-corrected chi connectivity index (χ0v) is 11.6. The Kier molecular flexibility index (Phi) is 4.61. The molecule has 0 spiro atoms. The maximum absolute atomic E-state index is 5.38. The quantitative estimate of drug-likeness (QED) is 0.884. The lowest BCUT2D eigenvalue weighted by atomic mass is 9.98. The van der Waals surface area contributed by atoms with Gasteiger partial charge in [-0.1, -0.05) is 18.2 Å². The molecule has 0 amide bonds. The molecule has 0 aromatic heterocycles. The topological polar surface area (TPSA) is 24.5 Å². The van der Waals surface area contributed by atoms with Crippen LogP contribution in [0.4, 0.5) is 0 Å². The number of hydrogen-bond donors (Lipinski definition) is 1. The minimum absolute atomic E-state index is 0.626. The summed E-state index contributed by atoms with van der Waals surface area (Å²) >= 11 is 0. The summed E-state index contributed by atoms with van der Waals surface area (Å²) in [5, 5.41) is 3.66. The minimum atomic E-state index is 0.626. The van der Waals surface area contributed by atoms with E-state index in [2.05, 4.69) is 36.3 Å². The largest absolute Gasteiger partial charge is 0.496 e. The van der Waals surface area contributed by atoms with Gasteiger partial charge in [0, 0.05) is 24.2 Å². The maximum atomic E-state index is 5.38. The van der Waals surface area contributed by atoms with Gasteiger partial charge >= 0.3 is 0 Å². The molecular weight excluding hydrogens is 224 g/mol. The molecule has 1 fully saturated rings. The van der Waals surface area contributed by atoms with Gasteiger partial charge in [-0.25, -0.2) is 0 Å². The fourth-order valence-electron chi connectivity index (χ4n) is 2.58. The highest BCUT2D eigenvalue weighted by molar-refractivity contribution is 5.33. The van der Waals surface area contributed by atoms with Crippen molar-refractivity contribution in [2.75, 3.05) is 20.7 Å². The number of nitrogens with zero attached hydrogens (tertiary/aromatic N) is 1. The van der Waals surface area contributed by atoms with Gasteiger partial charge in [-0.3, -0.25) is 0 Å². The first-order valence-electron chi connectivity index (χ1n) is 6.76. The summed E-state index contributed by atoms with van der Waals surface area (Å²) in [6.07, 6.45) is 2.46. The van der Waals surface area contributed by atoms with Gasteiger partial charge in [-0.05, 0) is 39.4 Å². The second-order valence-corrected chi connectivity index (χ2v) is 5.24. The van der Waals surface area contributed by atoms with Crippen molar-refractivity contribution >= 4 is 0 Å². The maximum Gasteiger partial charge on any atom is 0.123 e. The van der Waals surface area contributed by atoms with Crippen molar-refractivity contribution < 1.29 is 4.74 Å². The summed E-state index contributed by atoms with van der Waals surface area (Å²) in [6.45, 7) is 4.38. The zero-order chi connectivity index (χ0) is 13.0. The minimum Gasteiger partial charge on any atom is -0.496 e. The molecule has 1 aromatic carbocycles. The van der Waals surface area contributed by atoms with Gasteiger partial charge < -0.3 is 15.0 Å². The Hall–Kier alpha value is -1.06. The SMILES string of the molecule is COc1ccccc1CNC1CCN(C)C(C)C1. The molecule has 0 saturated carbocycles. The Morgan fingerprint density at radius 3 is 2.89 bits per heavy atom. The van der Waals surface area contributed by atoms with Crippen molar-refractivity contribution in [3.05, 3.63) is 29.8 Å².